The number of ether oxygens (including phenoxy) is 1. The Morgan fingerprint density at radius 3 is 2.74 bits per heavy atom. The van der Waals surface area contributed by atoms with E-state index in [-0.39, 0.29) is 17.7 Å². The Morgan fingerprint density at radius 1 is 1.16 bits per heavy atom. The van der Waals surface area contributed by atoms with E-state index in [1.807, 2.05) is 30.3 Å². The topological polar surface area (TPSA) is 26.3 Å². The van der Waals surface area contributed by atoms with Crippen molar-refractivity contribution in [2.45, 2.75) is 12.8 Å². The number of fused-ring (bicyclic) bond motifs is 1. The Hall–Kier alpha value is -2.16. The van der Waals surface area contributed by atoms with Crippen LogP contribution >= 0.6 is 0 Å². The van der Waals surface area contributed by atoms with Crippen LogP contribution in [0.4, 0.5) is 4.39 Å². The molecule has 1 aliphatic rings. The van der Waals surface area contributed by atoms with Crippen molar-refractivity contribution in [3.8, 4) is 5.75 Å². The van der Waals surface area contributed by atoms with Crippen molar-refractivity contribution in [1.82, 2.24) is 0 Å². The molecule has 0 amide bonds. The first-order valence-corrected chi connectivity index (χ1v) is 6.26. The molecular formula is C16H13FO2. The van der Waals surface area contributed by atoms with Gasteiger partial charge in [0, 0.05) is 0 Å². The molecule has 0 saturated carbocycles. The number of hydrogen-bond acceptors (Lipinski definition) is 2. The summed E-state index contributed by atoms with van der Waals surface area (Å²) in [4.78, 5) is 11.9. The quantitative estimate of drug-likeness (QED) is 0.609. The fraction of sp³-hybridized carbons (Fsp3) is 0.188. The maximum Gasteiger partial charge on any atom is 0.315 e. The zero-order chi connectivity index (χ0) is 13.2. The highest BCUT2D eigenvalue weighted by molar-refractivity contribution is 5.78. The fourth-order valence-corrected chi connectivity index (χ4v) is 2.40. The van der Waals surface area contributed by atoms with Gasteiger partial charge in [0.2, 0.25) is 0 Å². The lowest BCUT2D eigenvalue weighted by atomic mass is 9.90. The number of carbonyl (C=O) groups is 1. The van der Waals surface area contributed by atoms with E-state index in [9.17, 15) is 9.18 Å². The molecule has 19 heavy (non-hydrogen) atoms. The van der Waals surface area contributed by atoms with Crippen LogP contribution in [0, 0.1) is 11.7 Å². The molecule has 1 unspecified atom stereocenters. The summed E-state index contributed by atoms with van der Waals surface area (Å²) in [7, 11) is 0. The average molecular weight is 256 g/mol. The predicted octanol–water partition coefficient (Wildman–Crippen LogP) is 3.15. The molecule has 0 N–H and O–H groups in total. The Balaban J connectivity index is 1.83. The molecule has 0 fully saturated rings. The molecule has 2 aromatic carbocycles. The van der Waals surface area contributed by atoms with Crippen LogP contribution < -0.4 is 4.74 Å². The molecule has 1 heterocycles. The first-order chi connectivity index (χ1) is 9.22. The Kier molecular flexibility index (Phi) is 3.03. The third kappa shape index (κ3) is 2.50. The second-order valence-electron chi connectivity index (χ2n) is 4.76. The summed E-state index contributed by atoms with van der Waals surface area (Å²) in [5, 5.41) is 0. The molecule has 2 nitrogen and oxygen atoms in total. The Labute approximate surface area is 110 Å². The fourth-order valence-electron chi connectivity index (χ4n) is 2.40. The summed E-state index contributed by atoms with van der Waals surface area (Å²) in [6.45, 7) is 0. The molecule has 3 rings (SSSR count). The molecular weight excluding hydrogens is 243 g/mol. The summed E-state index contributed by atoms with van der Waals surface area (Å²) in [5.41, 5.74) is 1.85. The molecule has 0 saturated heterocycles. The zero-order valence-corrected chi connectivity index (χ0v) is 10.3. The molecule has 1 atom stereocenters. The van der Waals surface area contributed by atoms with Crippen molar-refractivity contribution in [2.24, 2.45) is 5.92 Å². The van der Waals surface area contributed by atoms with Crippen LogP contribution in [0.3, 0.4) is 0 Å². The van der Waals surface area contributed by atoms with Crippen LogP contribution in [0.5, 0.6) is 5.75 Å². The molecule has 0 bridgehead atoms. The lowest BCUT2D eigenvalue weighted by Gasteiger charge is -2.23. The smallest absolute Gasteiger partial charge is 0.315 e. The van der Waals surface area contributed by atoms with Crippen LogP contribution in [0.15, 0.2) is 48.5 Å². The minimum Gasteiger partial charge on any atom is -0.426 e. The maximum absolute atomic E-state index is 13.2. The van der Waals surface area contributed by atoms with Crippen LogP contribution in [-0.2, 0) is 17.6 Å². The average Bonchev–Trinajstić information content (AvgIpc) is 2.41. The number of esters is 1. The molecule has 0 aliphatic carbocycles. The second-order valence-corrected chi connectivity index (χ2v) is 4.76. The van der Waals surface area contributed by atoms with Gasteiger partial charge in [0.1, 0.15) is 11.6 Å². The molecule has 2 aromatic rings. The largest absolute Gasteiger partial charge is 0.426 e. The monoisotopic (exact) mass is 256 g/mol. The lowest BCUT2D eigenvalue weighted by Crippen LogP contribution is -2.29. The van der Waals surface area contributed by atoms with Crippen LogP contribution in [0.25, 0.3) is 0 Å². The third-order valence-corrected chi connectivity index (χ3v) is 3.36. The molecule has 1 aliphatic heterocycles. The first kappa shape index (κ1) is 11.9. The zero-order valence-electron chi connectivity index (χ0n) is 10.3. The maximum atomic E-state index is 13.2. The summed E-state index contributed by atoms with van der Waals surface area (Å²) < 4.78 is 18.5. The summed E-state index contributed by atoms with van der Waals surface area (Å²) in [5.74, 6) is -0.287. The van der Waals surface area contributed by atoms with Crippen LogP contribution in [0.1, 0.15) is 11.1 Å². The highest BCUT2D eigenvalue weighted by Gasteiger charge is 2.28. The van der Waals surface area contributed by atoms with E-state index >= 15 is 0 Å². The van der Waals surface area contributed by atoms with Gasteiger partial charge in [0.15, 0.2) is 0 Å². The van der Waals surface area contributed by atoms with Crippen molar-refractivity contribution in [1.29, 1.82) is 0 Å². The third-order valence-electron chi connectivity index (χ3n) is 3.36. The van der Waals surface area contributed by atoms with Crippen molar-refractivity contribution < 1.29 is 13.9 Å². The summed E-state index contributed by atoms with van der Waals surface area (Å²) >= 11 is 0. The molecule has 96 valence electrons. The first-order valence-electron chi connectivity index (χ1n) is 6.26. The number of benzene rings is 2. The molecule has 0 spiro atoms. The van der Waals surface area contributed by atoms with Crippen molar-refractivity contribution in [3.63, 3.8) is 0 Å². The van der Waals surface area contributed by atoms with Gasteiger partial charge >= 0.3 is 5.97 Å². The number of rotatable bonds is 2. The van der Waals surface area contributed by atoms with Crippen molar-refractivity contribution in [2.75, 3.05) is 0 Å². The van der Waals surface area contributed by atoms with Gasteiger partial charge in [0.05, 0.1) is 5.92 Å². The summed E-state index contributed by atoms with van der Waals surface area (Å²) in [6.07, 6.45) is 1.15. The van der Waals surface area contributed by atoms with Crippen LogP contribution in [-0.4, -0.2) is 5.97 Å². The van der Waals surface area contributed by atoms with Gasteiger partial charge in [-0.2, -0.15) is 0 Å². The number of halogens is 1. The number of carbonyl (C=O) groups excluding carboxylic acids is 1. The molecule has 0 radical (unpaired) electrons. The predicted molar refractivity (Wildman–Crippen MR) is 69.4 cm³/mol. The van der Waals surface area contributed by atoms with E-state index in [0.717, 1.165) is 11.1 Å². The van der Waals surface area contributed by atoms with Crippen LogP contribution in [0.2, 0.25) is 0 Å². The second kappa shape index (κ2) is 4.84. The van der Waals surface area contributed by atoms with Gasteiger partial charge in [0.25, 0.3) is 0 Å². The van der Waals surface area contributed by atoms with E-state index in [2.05, 4.69) is 0 Å². The molecule has 0 aromatic heterocycles. The van der Waals surface area contributed by atoms with E-state index in [1.54, 1.807) is 0 Å². The summed E-state index contributed by atoms with van der Waals surface area (Å²) in [6, 6.07) is 14.1. The van der Waals surface area contributed by atoms with E-state index in [0.29, 0.717) is 18.6 Å². The van der Waals surface area contributed by atoms with Crippen molar-refractivity contribution >= 4 is 5.97 Å². The normalized spacial score (nSPS) is 17.7. The van der Waals surface area contributed by atoms with Crippen molar-refractivity contribution in [3.05, 3.63) is 65.5 Å². The number of hydrogen-bond donors (Lipinski definition) is 0. The highest BCUT2D eigenvalue weighted by Crippen LogP contribution is 2.30. The standard InChI is InChI=1S/C16H13FO2/c17-14-6-7-15-12(10-14)9-13(16(18)19-15)8-11-4-2-1-3-5-11/h1-7,10,13H,8-9H2. The van der Waals surface area contributed by atoms with Gasteiger partial charge in [-0.05, 0) is 42.2 Å². The Morgan fingerprint density at radius 2 is 1.95 bits per heavy atom. The highest BCUT2D eigenvalue weighted by atomic mass is 19.1. The van der Waals surface area contributed by atoms with Gasteiger partial charge in [-0.15, -0.1) is 0 Å². The minimum absolute atomic E-state index is 0.233. The lowest BCUT2D eigenvalue weighted by molar-refractivity contribution is -0.140. The van der Waals surface area contributed by atoms with E-state index in [4.69, 9.17) is 4.74 Å². The van der Waals surface area contributed by atoms with Gasteiger partial charge < -0.3 is 4.74 Å². The molecule has 3 heteroatoms. The van der Waals surface area contributed by atoms with E-state index < -0.39 is 0 Å². The minimum atomic E-state index is -0.296. The van der Waals surface area contributed by atoms with E-state index in [1.165, 1.54) is 18.2 Å². The van der Waals surface area contributed by atoms with Gasteiger partial charge in [-0.1, -0.05) is 30.3 Å². The van der Waals surface area contributed by atoms with Gasteiger partial charge in [-0.25, -0.2) is 4.39 Å². The van der Waals surface area contributed by atoms with Gasteiger partial charge in [-0.3, -0.25) is 4.79 Å². The Bertz CT molecular complexity index is 607. The SMILES string of the molecule is O=C1Oc2ccc(F)cc2CC1Cc1ccccc1.